The van der Waals surface area contributed by atoms with Gasteiger partial charge in [-0.15, -0.1) is 33.2 Å². The summed E-state index contributed by atoms with van der Waals surface area (Å²) in [4.78, 5) is 0. The minimum Gasteiger partial charge on any atom is -0.171 e. The van der Waals surface area contributed by atoms with Crippen molar-refractivity contribution in [2.24, 2.45) is 0 Å². The molecule has 0 unspecified atom stereocenters. The monoisotopic (exact) mass is 216 g/mol. The van der Waals surface area contributed by atoms with Crippen LogP contribution < -0.4 is 0 Å². The van der Waals surface area contributed by atoms with Crippen molar-refractivity contribution in [3.63, 3.8) is 0 Å². The van der Waals surface area contributed by atoms with Gasteiger partial charge in [-0.3, -0.25) is 0 Å². The van der Waals surface area contributed by atoms with Gasteiger partial charge in [0.25, 0.3) is 0 Å². The van der Waals surface area contributed by atoms with Crippen LogP contribution in [0.2, 0.25) is 6.04 Å². The Kier molecular flexibility index (Phi) is 3.14. The van der Waals surface area contributed by atoms with Crippen molar-refractivity contribution in [1.29, 1.82) is 0 Å². The van der Waals surface area contributed by atoms with E-state index in [-0.39, 0.29) is 0 Å². The van der Waals surface area contributed by atoms with E-state index in [1.807, 2.05) is 0 Å². The quantitative estimate of drug-likeness (QED) is 0.467. The zero-order valence-electron chi connectivity index (χ0n) is 3.97. The van der Waals surface area contributed by atoms with Crippen molar-refractivity contribution in [3.05, 3.63) is 0 Å². The van der Waals surface area contributed by atoms with E-state index in [1.165, 1.54) is 0 Å². The lowest BCUT2D eigenvalue weighted by Gasteiger charge is -2.09. The molecule has 0 aliphatic heterocycles. The minimum atomic E-state index is -4.35. The van der Waals surface area contributed by atoms with Gasteiger partial charge in [0.15, 0.2) is 0 Å². The molecule has 0 nitrogen and oxygen atoms in total. The molecule has 0 atom stereocenters. The zero-order valence-corrected chi connectivity index (χ0v) is 7.24. The lowest BCUT2D eigenvalue weighted by atomic mass is 10.8. The van der Waals surface area contributed by atoms with E-state index in [0.717, 1.165) is 0 Å². The average Bonchev–Trinajstić information content (AvgIpc) is 1.14. The molecule has 0 N–H and O–H groups in total. The molecule has 0 heterocycles. The maximum atomic E-state index is 11.3. The third-order valence-corrected chi connectivity index (χ3v) is 2.41. The molecule has 0 saturated carbocycles. The van der Waals surface area contributed by atoms with Crippen LogP contribution in [0, 0.1) is 0 Å². The standard InChI is InChI=1S/C2H2Cl3F3Si/c3-9(4,5)1-2(6,7)8/h1H2. The highest BCUT2D eigenvalue weighted by Crippen LogP contribution is 2.35. The highest BCUT2D eigenvalue weighted by atomic mass is 35.8. The number of halogens is 6. The fraction of sp³-hybridized carbons (Fsp3) is 1.00. The van der Waals surface area contributed by atoms with Gasteiger partial charge in [-0.2, -0.15) is 13.2 Å². The van der Waals surface area contributed by atoms with E-state index in [9.17, 15) is 13.2 Å². The molecule has 0 bridgehead atoms. The van der Waals surface area contributed by atoms with Gasteiger partial charge in [0.1, 0.15) is 0 Å². The smallest absolute Gasteiger partial charge is 0.171 e. The van der Waals surface area contributed by atoms with Crippen molar-refractivity contribution < 1.29 is 13.2 Å². The highest BCUT2D eigenvalue weighted by molar-refractivity contribution is 7.64. The Morgan fingerprint density at radius 2 is 1.44 bits per heavy atom. The normalized spacial score (nSPS) is 14.0. The predicted octanol–water partition coefficient (Wildman–Crippen LogP) is 3.20. The minimum absolute atomic E-state index is 1.27. The first-order valence-electron chi connectivity index (χ1n) is 1.84. The molecule has 9 heavy (non-hydrogen) atoms. The fourth-order valence-electron chi connectivity index (χ4n) is 0.227. The molecule has 7 heteroatoms. The summed E-state index contributed by atoms with van der Waals surface area (Å²) in [5.74, 6) is 0. The summed E-state index contributed by atoms with van der Waals surface area (Å²) in [6, 6.07) is -4.77. The van der Waals surface area contributed by atoms with Crippen molar-refractivity contribution in [2.45, 2.75) is 12.2 Å². The average molecular weight is 217 g/mol. The molecule has 0 fully saturated rings. The first-order valence-corrected chi connectivity index (χ1v) is 7.08. The first-order chi connectivity index (χ1) is 3.71. The van der Waals surface area contributed by atoms with Gasteiger partial charge >= 0.3 is 12.2 Å². The summed E-state index contributed by atoms with van der Waals surface area (Å²) in [7, 11) is 0. The van der Waals surface area contributed by atoms with Crippen LogP contribution in [0.15, 0.2) is 0 Å². The van der Waals surface area contributed by atoms with E-state index in [1.54, 1.807) is 0 Å². The Morgan fingerprint density at radius 1 is 1.11 bits per heavy atom. The summed E-state index contributed by atoms with van der Waals surface area (Å²) in [5, 5.41) is 0. The Hall–Kier alpha value is 0.877. The molecule has 0 spiro atoms. The van der Waals surface area contributed by atoms with E-state index in [0.29, 0.717) is 0 Å². The molecule has 0 aromatic rings. The molecule has 56 valence electrons. The number of hydrogen-bond acceptors (Lipinski definition) is 0. The Balaban J connectivity index is 3.75. The molecular weight excluding hydrogens is 215 g/mol. The summed E-state index contributed by atoms with van der Waals surface area (Å²) in [6.45, 7) is 0. The number of rotatable bonds is 1. The van der Waals surface area contributed by atoms with Gasteiger partial charge in [-0.1, -0.05) is 0 Å². The van der Waals surface area contributed by atoms with E-state index in [4.69, 9.17) is 33.2 Å². The van der Waals surface area contributed by atoms with Crippen LogP contribution in [-0.2, 0) is 0 Å². The van der Waals surface area contributed by atoms with E-state index in [2.05, 4.69) is 0 Å². The van der Waals surface area contributed by atoms with Gasteiger partial charge in [-0.05, 0) is 0 Å². The highest BCUT2D eigenvalue weighted by Gasteiger charge is 2.41. The first kappa shape index (κ1) is 9.88. The van der Waals surface area contributed by atoms with Crippen LogP contribution in [0.5, 0.6) is 0 Å². The molecule has 0 aliphatic carbocycles. The van der Waals surface area contributed by atoms with Gasteiger partial charge in [-0.25, -0.2) is 0 Å². The largest absolute Gasteiger partial charge is 0.390 e. The third-order valence-electron chi connectivity index (χ3n) is 0.401. The Bertz CT molecular complexity index is 82.2. The topological polar surface area (TPSA) is 0 Å². The predicted molar refractivity (Wildman–Crippen MR) is 34.2 cm³/mol. The zero-order chi connectivity index (χ0) is 7.71. The lowest BCUT2D eigenvalue weighted by molar-refractivity contribution is -0.109. The maximum Gasteiger partial charge on any atom is 0.390 e. The fourth-order valence-corrected chi connectivity index (χ4v) is 2.05. The van der Waals surface area contributed by atoms with Gasteiger partial charge in [0.2, 0.25) is 0 Å². The Morgan fingerprint density at radius 3 is 1.44 bits per heavy atom. The molecule has 0 radical (unpaired) electrons. The Labute approximate surface area is 65.0 Å². The van der Waals surface area contributed by atoms with E-state index < -0.39 is 18.2 Å². The van der Waals surface area contributed by atoms with Crippen LogP contribution in [0.1, 0.15) is 0 Å². The molecular formula is C2H2Cl3F3Si. The molecule has 0 aromatic heterocycles. The molecule has 0 rings (SSSR count). The van der Waals surface area contributed by atoms with Crippen LogP contribution in [0.25, 0.3) is 0 Å². The number of hydrogen-bond donors (Lipinski definition) is 0. The van der Waals surface area contributed by atoms with Crippen molar-refractivity contribution in [3.8, 4) is 0 Å². The van der Waals surface area contributed by atoms with Crippen LogP contribution in [0.3, 0.4) is 0 Å². The van der Waals surface area contributed by atoms with Crippen molar-refractivity contribution >= 4 is 39.2 Å². The summed E-state index contributed by atoms with van der Waals surface area (Å²) in [6.07, 6.45) is -4.35. The van der Waals surface area contributed by atoms with Gasteiger partial charge < -0.3 is 0 Å². The maximum absolute atomic E-state index is 11.3. The molecule has 0 aromatic carbocycles. The second-order valence-corrected chi connectivity index (χ2v) is 10.5. The molecule has 0 aliphatic rings. The second-order valence-electron chi connectivity index (χ2n) is 1.41. The molecule has 0 amide bonds. The van der Waals surface area contributed by atoms with Gasteiger partial charge in [0.05, 0.1) is 6.04 Å². The third kappa shape index (κ3) is 8.88. The summed E-state index contributed by atoms with van der Waals surface area (Å²) in [5.41, 5.74) is 0. The second kappa shape index (κ2) is 2.86. The summed E-state index contributed by atoms with van der Waals surface area (Å²) >= 11 is 14.9. The number of alkyl halides is 3. The lowest BCUT2D eigenvalue weighted by Crippen LogP contribution is -2.21. The van der Waals surface area contributed by atoms with Crippen LogP contribution in [-0.4, -0.2) is 12.2 Å². The van der Waals surface area contributed by atoms with Crippen LogP contribution >= 0.6 is 33.2 Å². The SMILES string of the molecule is FC(F)(F)C[Si](Cl)(Cl)Cl. The van der Waals surface area contributed by atoms with E-state index >= 15 is 0 Å². The van der Waals surface area contributed by atoms with Crippen molar-refractivity contribution in [2.75, 3.05) is 0 Å². The molecule has 0 saturated heterocycles. The van der Waals surface area contributed by atoms with Crippen LogP contribution in [0.4, 0.5) is 13.2 Å². The van der Waals surface area contributed by atoms with Gasteiger partial charge in [0, 0.05) is 0 Å². The summed E-state index contributed by atoms with van der Waals surface area (Å²) < 4.78 is 34.0. The van der Waals surface area contributed by atoms with Crippen molar-refractivity contribution in [1.82, 2.24) is 0 Å².